The van der Waals surface area contributed by atoms with Crippen LogP contribution in [0, 0.1) is 5.92 Å². The second-order valence-electron chi connectivity index (χ2n) is 5.00. The Bertz CT molecular complexity index is 444. The number of rotatable bonds is 6. The van der Waals surface area contributed by atoms with E-state index < -0.39 is 0 Å². The van der Waals surface area contributed by atoms with E-state index in [1.807, 2.05) is 0 Å². The van der Waals surface area contributed by atoms with E-state index in [2.05, 4.69) is 0 Å². The molecule has 1 saturated carbocycles. The molecule has 3 nitrogen and oxygen atoms in total. The van der Waals surface area contributed by atoms with E-state index in [1.165, 1.54) is 37.0 Å². The van der Waals surface area contributed by atoms with Gasteiger partial charge in [-0.05, 0) is 31.4 Å². The zero-order valence-corrected chi connectivity index (χ0v) is 12.1. The molecule has 0 spiro atoms. The summed E-state index contributed by atoms with van der Waals surface area (Å²) in [6.07, 6.45) is 6.76. The van der Waals surface area contributed by atoms with E-state index in [0.717, 1.165) is 12.3 Å². The van der Waals surface area contributed by atoms with E-state index in [9.17, 15) is 9.59 Å². The molecule has 0 saturated heterocycles. The summed E-state index contributed by atoms with van der Waals surface area (Å²) >= 11 is 1.25. The second-order valence-corrected chi connectivity index (χ2v) is 6.08. The molecule has 104 valence electrons. The van der Waals surface area contributed by atoms with Gasteiger partial charge in [-0.15, -0.1) is 11.3 Å². The summed E-state index contributed by atoms with van der Waals surface area (Å²) in [4.78, 5) is 24.8. The highest BCUT2D eigenvalue weighted by atomic mass is 32.1. The van der Waals surface area contributed by atoms with Crippen molar-refractivity contribution >= 4 is 23.1 Å². The van der Waals surface area contributed by atoms with Crippen LogP contribution in [0.3, 0.4) is 0 Å². The first kappa shape index (κ1) is 14.3. The molecule has 0 bridgehead atoms. The lowest BCUT2D eigenvalue weighted by Gasteiger charge is -2.06. The van der Waals surface area contributed by atoms with E-state index in [0.29, 0.717) is 22.8 Å². The van der Waals surface area contributed by atoms with E-state index in [4.69, 9.17) is 4.74 Å². The SMILES string of the molecule is CCOC(=O)c1ccc(C(=O)CCC2CCCC2)s1. The lowest BCUT2D eigenvalue weighted by molar-refractivity contribution is 0.0532. The molecular formula is C15H20O3S. The van der Waals surface area contributed by atoms with Crippen molar-refractivity contribution in [2.24, 2.45) is 5.92 Å². The number of Topliss-reactive ketones (excluding diaryl/α,β-unsaturated/α-hetero) is 1. The number of carbonyl (C=O) groups is 2. The Labute approximate surface area is 118 Å². The fourth-order valence-electron chi connectivity index (χ4n) is 2.56. The van der Waals surface area contributed by atoms with Crippen molar-refractivity contribution in [3.8, 4) is 0 Å². The number of hydrogen-bond acceptors (Lipinski definition) is 4. The molecule has 1 aromatic heterocycles. The molecule has 0 aliphatic heterocycles. The van der Waals surface area contributed by atoms with Crippen LogP contribution in [0.25, 0.3) is 0 Å². The molecule has 1 aromatic rings. The number of hydrogen-bond donors (Lipinski definition) is 0. The van der Waals surface area contributed by atoms with Crippen molar-refractivity contribution in [3.63, 3.8) is 0 Å². The van der Waals surface area contributed by atoms with Gasteiger partial charge in [0.2, 0.25) is 0 Å². The smallest absolute Gasteiger partial charge is 0.348 e. The highest BCUT2D eigenvalue weighted by Crippen LogP contribution is 2.29. The standard InChI is InChI=1S/C15H20O3S/c1-2-18-15(17)14-10-9-13(19-14)12(16)8-7-11-5-3-4-6-11/h9-11H,2-8H2,1H3. The average Bonchev–Trinajstić information content (AvgIpc) is 3.07. The van der Waals surface area contributed by atoms with Crippen molar-refractivity contribution in [1.82, 2.24) is 0 Å². The molecule has 0 radical (unpaired) electrons. The first-order chi connectivity index (χ1) is 9.20. The van der Waals surface area contributed by atoms with Gasteiger partial charge in [0.15, 0.2) is 5.78 Å². The molecule has 0 aromatic carbocycles. The van der Waals surface area contributed by atoms with E-state index in [-0.39, 0.29) is 11.8 Å². The maximum atomic E-state index is 12.1. The van der Waals surface area contributed by atoms with Gasteiger partial charge in [-0.25, -0.2) is 4.79 Å². The number of ketones is 1. The highest BCUT2D eigenvalue weighted by molar-refractivity contribution is 7.15. The lowest BCUT2D eigenvalue weighted by Crippen LogP contribution is -2.02. The fourth-order valence-corrected chi connectivity index (χ4v) is 3.42. The second kappa shape index (κ2) is 6.85. The van der Waals surface area contributed by atoms with Crippen molar-refractivity contribution in [1.29, 1.82) is 0 Å². The molecule has 0 unspecified atom stereocenters. The average molecular weight is 280 g/mol. The fraction of sp³-hybridized carbons (Fsp3) is 0.600. The predicted molar refractivity (Wildman–Crippen MR) is 75.8 cm³/mol. The van der Waals surface area contributed by atoms with E-state index in [1.54, 1.807) is 19.1 Å². The summed E-state index contributed by atoms with van der Waals surface area (Å²) in [6, 6.07) is 3.43. The topological polar surface area (TPSA) is 43.4 Å². The maximum Gasteiger partial charge on any atom is 0.348 e. The quantitative estimate of drug-likeness (QED) is 0.582. The molecular weight excluding hydrogens is 260 g/mol. The van der Waals surface area contributed by atoms with Crippen molar-refractivity contribution in [2.45, 2.75) is 45.4 Å². The van der Waals surface area contributed by atoms with Crippen LogP contribution in [0.1, 0.15) is 64.8 Å². The van der Waals surface area contributed by atoms with Crippen LogP contribution >= 0.6 is 11.3 Å². The summed E-state index contributed by atoms with van der Waals surface area (Å²) in [5.41, 5.74) is 0. The Morgan fingerprint density at radius 1 is 1.26 bits per heavy atom. The Hall–Kier alpha value is -1.16. The third-order valence-electron chi connectivity index (χ3n) is 3.61. The number of carbonyl (C=O) groups excluding carboxylic acids is 2. The molecule has 1 heterocycles. The summed E-state index contributed by atoms with van der Waals surface area (Å²) < 4.78 is 4.92. The first-order valence-corrected chi connectivity index (χ1v) is 7.82. The van der Waals surface area contributed by atoms with Gasteiger partial charge in [-0.2, -0.15) is 0 Å². The van der Waals surface area contributed by atoms with Crippen molar-refractivity contribution < 1.29 is 14.3 Å². The molecule has 2 rings (SSSR count). The largest absolute Gasteiger partial charge is 0.462 e. The van der Waals surface area contributed by atoms with Gasteiger partial charge >= 0.3 is 5.97 Å². The Balaban J connectivity index is 1.86. The van der Waals surface area contributed by atoms with Gasteiger partial charge in [0.05, 0.1) is 11.5 Å². The minimum atomic E-state index is -0.331. The van der Waals surface area contributed by atoms with Gasteiger partial charge in [-0.3, -0.25) is 4.79 Å². The van der Waals surface area contributed by atoms with Crippen molar-refractivity contribution in [2.75, 3.05) is 6.61 Å². The molecule has 1 aliphatic rings. The monoisotopic (exact) mass is 280 g/mol. The third-order valence-corrected chi connectivity index (χ3v) is 4.72. The molecule has 1 aliphatic carbocycles. The molecule has 0 atom stereocenters. The van der Waals surface area contributed by atoms with Crippen LogP contribution in [0.2, 0.25) is 0 Å². The maximum absolute atomic E-state index is 12.1. The molecule has 1 fully saturated rings. The molecule has 0 N–H and O–H groups in total. The molecule has 4 heteroatoms. The third kappa shape index (κ3) is 3.90. The Morgan fingerprint density at radius 2 is 1.95 bits per heavy atom. The summed E-state index contributed by atoms with van der Waals surface area (Å²) in [6.45, 7) is 2.14. The summed E-state index contributed by atoms with van der Waals surface area (Å²) in [5.74, 6) is 0.559. The Morgan fingerprint density at radius 3 is 2.63 bits per heavy atom. The zero-order valence-electron chi connectivity index (χ0n) is 11.3. The minimum Gasteiger partial charge on any atom is -0.462 e. The van der Waals surface area contributed by atoms with Crippen LogP contribution in [0.5, 0.6) is 0 Å². The normalized spacial score (nSPS) is 15.6. The zero-order chi connectivity index (χ0) is 13.7. The first-order valence-electron chi connectivity index (χ1n) is 7.01. The molecule has 19 heavy (non-hydrogen) atoms. The lowest BCUT2D eigenvalue weighted by atomic mass is 10.00. The van der Waals surface area contributed by atoms with Crippen molar-refractivity contribution in [3.05, 3.63) is 21.9 Å². The Kier molecular flexibility index (Phi) is 5.14. The van der Waals surface area contributed by atoms with E-state index >= 15 is 0 Å². The van der Waals surface area contributed by atoms with Crippen LogP contribution < -0.4 is 0 Å². The summed E-state index contributed by atoms with van der Waals surface area (Å²) in [5, 5.41) is 0. The van der Waals surface area contributed by atoms with Gasteiger partial charge in [0, 0.05) is 6.42 Å². The van der Waals surface area contributed by atoms with Gasteiger partial charge in [0.1, 0.15) is 4.88 Å². The van der Waals surface area contributed by atoms with Crippen LogP contribution in [0.15, 0.2) is 12.1 Å². The number of ether oxygens (including phenoxy) is 1. The number of thiophene rings is 1. The van der Waals surface area contributed by atoms with Gasteiger partial charge in [0.25, 0.3) is 0 Å². The van der Waals surface area contributed by atoms with Gasteiger partial charge in [-0.1, -0.05) is 25.7 Å². The van der Waals surface area contributed by atoms with Crippen LogP contribution in [-0.4, -0.2) is 18.4 Å². The van der Waals surface area contributed by atoms with Gasteiger partial charge < -0.3 is 4.74 Å². The highest BCUT2D eigenvalue weighted by Gasteiger charge is 2.18. The minimum absolute atomic E-state index is 0.160. The predicted octanol–water partition coefficient (Wildman–Crippen LogP) is 4.08. The van der Waals surface area contributed by atoms with Crippen LogP contribution in [-0.2, 0) is 4.74 Å². The molecule has 0 amide bonds. The summed E-state index contributed by atoms with van der Waals surface area (Å²) in [7, 11) is 0. The number of esters is 1. The van der Waals surface area contributed by atoms with Crippen LogP contribution in [0.4, 0.5) is 0 Å².